The highest BCUT2D eigenvalue weighted by molar-refractivity contribution is 5.48. The van der Waals surface area contributed by atoms with E-state index in [0.29, 0.717) is 13.0 Å². The highest BCUT2D eigenvalue weighted by atomic mass is 16.5. The zero-order chi connectivity index (χ0) is 14.4. The van der Waals surface area contributed by atoms with Crippen LogP contribution in [0.15, 0.2) is 6.07 Å². The Kier molecular flexibility index (Phi) is 6.32. The van der Waals surface area contributed by atoms with Gasteiger partial charge in [-0.2, -0.15) is 0 Å². The quantitative estimate of drug-likeness (QED) is 0.797. The van der Waals surface area contributed by atoms with Crippen molar-refractivity contribution < 1.29 is 9.84 Å². The van der Waals surface area contributed by atoms with Crippen LogP contribution >= 0.6 is 0 Å². The van der Waals surface area contributed by atoms with Gasteiger partial charge in [0.05, 0.1) is 12.7 Å². The minimum Gasteiger partial charge on any atom is -0.493 e. The van der Waals surface area contributed by atoms with Gasteiger partial charge in [-0.3, -0.25) is 0 Å². The molecule has 1 aromatic carbocycles. The summed E-state index contributed by atoms with van der Waals surface area (Å²) in [4.78, 5) is 0. The zero-order valence-corrected chi connectivity index (χ0v) is 12.6. The summed E-state index contributed by atoms with van der Waals surface area (Å²) in [5.74, 6) is 0.986. The number of aliphatic hydroxyl groups is 1. The summed E-state index contributed by atoms with van der Waals surface area (Å²) >= 11 is 0. The first kappa shape index (κ1) is 16.0. The second-order valence-corrected chi connectivity index (χ2v) is 5.20. The molecule has 0 aromatic heterocycles. The average Bonchev–Trinajstić information content (AvgIpc) is 2.40. The molecule has 108 valence electrons. The van der Waals surface area contributed by atoms with Crippen molar-refractivity contribution in [3.63, 3.8) is 0 Å². The van der Waals surface area contributed by atoms with Gasteiger partial charge in [-0.1, -0.05) is 6.92 Å². The van der Waals surface area contributed by atoms with E-state index in [1.165, 1.54) is 22.3 Å². The number of aryl methyl sites for hydroxylation is 1. The molecule has 0 fully saturated rings. The number of rotatable bonds is 7. The lowest BCUT2D eigenvalue weighted by atomic mass is 9.93. The fourth-order valence-corrected chi connectivity index (χ4v) is 2.27. The number of nitrogens with two attached hydrogens (primary N) is 1. The summed E-state index contributed by atoms with van der Waals surface area (Å²) in [6, 6.07) is 2.11. The number of hydrogen-bond acceptors (Lipinski definition) is 3. The van der Waals surface area contributed by atoms with Crippen molar-refractivity contribution in [2.45, 2.75) is 53.1 Å². The molecular weight excluding hydrogens is 238 g/mol. The van der Waals surface area contributed by atoms with Crippen molar-refractivity contribution in [3.8, 4) is 5.75 Å². The summed E-state index contributed by atoms with van der Waals surface area (Å²) < 4.78 is 5.78. The third kappa shape index (κ3) is 4.22. The average molecular weight is 265 g/mol. The van der Waals surface area contributed by atoms with Crippen LogP contribution in [0, 0.1) is 20.8 Å². The molecule has 0 spiro atoms. The monoisotopic (exact) mass is 265 g/mol. The predicted molar refractivity (Wildman–Crippen MR) is 79.8 cm³/mol. The third-order valence-electron chi connectivity index (χ3n) is 3.67. The Labute approximate surface area is 116 Å². The lowest BCUT2D eigenvalue weighted by molar-refractivity contribution is 0.173. The first-order valence-electron chi connectivity index (χ1n) is 7.11. The number of ether oxygens (including phenoxy) is 1. The first-order valence-corrected chi connectivity index (χ1v) is 7.11. The molecule has 1 aromatic rings. The third-order valence-corrected chi connectivity index (χ3v) is 3.67. The second-order valence-electron chi connectivity index (χ2n) is 5.20. The fourth-order valence-electron chi connectivity index (χ4n) is 2.27. The van der Waals surface area contributed by atoms with Gasteiger partial charge in [-0.25, -0.2) is 0 Å². The number of aliphatic hydroxyl groups excluding tert-OH is 1. The smallest absolute Gasteiger partial charge is 0.122 e. The Balaban J connectivity index is 2.91. The fraction of sp³-hybridized carbons (Fsp3) is 0.625. The summed E-state index contributed by atoms with van der Waals surface area (Å²) in [7, 11) is 0. The van der Waals surface area contributed by atoms with Crippen LogP contribution in [0.2, 0.25) is 0 Å². The molecule has 0 amide bonds. The van der Waals surface area contributed by atoms with Crippen molar-refractivity contribution in [2.24, 2.45) is 5.73 Å². The second kappa shape index (κ2) is 7.51. The maximum atomic E-state index is 9.59. The van der Waals surface area contributed by atoms with E-state index in [-0.39, 0.29) is 0 Å². The maximum Gasteiger partial charge on any atom is 0.122 e. The van der Waals surface area contributed by atoms with Crippen LogP contribution in [0.3, 0.4) is 0 Å². The molecule has 1 unspecified atom stereocenters. The van der Waals surface area contributed by atoms with Gasteiger partial charge in [0.15, 0.2) is 0 Å². The van der Waals surface area contributed by atoms with Gasteiger partial charge in [0.25, 0.3) is 0 Å². The van der Waals surface area contributed by atoms with E-state index >= 15 is 0 Å². The van der Waals surface area contributed by atoms with Crippen molar-refractivity contribution in [3.05, 3.63) is 28.3 Å². The normalized spacial score (nSPS) is 12.5. The largest absolute Gasteiger partial charge is 0.493 e. The van der Waals surface area contributed by atoms with Crippen LogP contribution in [0.4, 0.5) is 0 Å². The van der Waals surface area contributed by atoms with Crippen molar-refractivity contribution >= 4 is 0 Å². The van der Waals surface area contributed by atoms with E-state index in [1.807, 2.05) is 0 Å². The molecule has 0 bridgehead atoms. The number of benzene rings is 1. The SMILES string of the molecule is CCCOc1cc(C)c(CCC(O)CN)c(C)c1C. The van der Waals surface area contributed by atoms with E-state index in [9.17, 15) is 5.11 Å². The predicted octanol–water partition coefficient (Wildman–Crippen LogP) is 2.65. The molecule has 1 rings (SSSR count). The van der Waals surface area contributed by atoms with Gasteiger partial charge >= 0.3 is 0 Å². The number of hydrogen-bond donors (Lipinski definition) is 2. The van der Waals surface area contributed by atoms with Crippen LogP contribution in [0.25, 0.3) is 0 Å². The molecule has 0 saturated carbocycles. The molecule has 3 heteroatoms. The van der Waals surface area contributed by atoms with Crippen LogP contribution < -0.4 is 10.5 Å². The van der Waals surface area contributed by atoms with Crippen LogP contribution in [0.5, 0.6) is 5.75 Å². The summed E-state index contributed by atoms with van der Waals surface area (Å²) in [5, 5.41) is 9.59. The lowest BCUT2D eigenvalue weighted by Gasteiger charge is -2.18. The highest BCUT2D eigenvalue weighted by Gasteiger charge is 2.12. The zero-order valence-electron chi connectivity index (χ0n) is 12.6. The molecule has 19 heavy (non-hydrogen) atoms. The summed E-state index contributed by atoms with van der Waals surface area (Å²) in [6.45, 7) is 9.53. The van der Waals surface area contributed by atoms with Gasteiger partial charge < -0.3 is 15.6 Å². The van der Waals surface area contributed by atoms with Crippen LogP contribution in [0.1, 0.15) is 42.0 Å². The molecule has 0 aliphatic carbocycles. The molecule has 0 radical (unpaired) electrons. The highest BCUT2D eigenvalue weighted by Crippen LogP contribution is 2.28. The minimum atomic E-state index is -0.407. The molecule has 0 heterocycles. The van der Waals surface area contributed by atoms with Gasteiger partial charge in [-0.05, 0) is 68.4 Å². The topological polar surface area (TPSA) is 55.5 Å². The van der Waals surface area contributed by atoms with Crippen LogP contribution in [-0.2, 0) is 6.42 Å². The molecule has 3 nitrogen and oxygen atoms in total. The molecular formula is C16H27NO2. The molecule has 0 aliphatic heterocycles. The van der Waals surface area contributed by atoms with Gasteiger partial charge in [0.2, 0.25) is 0 Å². The molecule has 0 saturated heterocycles. The van der Waals surface area contributed by atoms with Gasteiger partial charge in [-0.15, -0.1) is 0 Å². The van der Waals surface area contributed by atoms with E-state index in [0.717, 1.165) is 25.2 Å². The van der Waals surface area contributed by atoms with Crippen molar-refractivity contribution in [2.75, 3.05) is 13.2 Å². The Morgan fingerprint density at radius 1 is 1.26 bits per heavy atom. The maximum absolute atomic E-state index is 9.59. The van der Waals surface area contributed by atoms with Gasteiger partial charge in [0, 0.05) is 6.54 Å². The van der Waals surface area contributed by atoms with Crippen LogP contribution in [-0.4, -0.2) is 24.4 Å². The van der Waals surface area contributed by atoms with Gasteiger partial charge in [0.1, 0.15) is 5.75 Å². The minimum absolute atomic E-state index is 0.328. The molecule has 1 atom stereocenters. The van der Waals surface area contributed by atoms with E-state index in [4.69, 9.17) is 10.5 Å². The molecule has 3 N–H and O–H groups in total. The van der Waals surface area contributed by atoms with Crippen molar-refractivity contribution in [1.29, 1.82) is 0 Å². The van der Waals surface area contributed by atoms with E-state index < -0.39 is 6.10 Å². The first-order chi connectivity index (χ1) is 9.01. The Morgan fingerprint density at radius 3 is 2.53 bits per heavy atom. The van der Waals surface area contributed by atoms with E-state index in [1.54, 1.807) is 0 Å². The van der Waals surface area contributed by atoms with Crippen molar-refractivity contribution in [1.82, 2.24) is 0 Å². The lowest BCUT2D eigenvalue weighted by Crippen LogP contribution is -2.20. The summed E-state index contributed by atoms with van der Waals surface area (Å²) in [6.07, 6.45) is 2.19. The molecule has 0 aliphatic rings. The Bertz CT molecular complexity index is 416. The summed E-state index contributed by atoms with van der Waals surface area (Å²) in [5.41, 5.74) is 10.5. The standard InChI is InChI=1S/C16H27NO2/c1-5-8-19-16-9-11(2)15(12(3)13(16)4)7-6-14(18)10-17/h9,14,18H,5-8,10,17H2,1-4H3. The van der Waals surface area contributed by atoms with E-state index in [2.05, 4.69) is 33.8 Å². The Hall–Kier alpha value is -1.06. The Morgan fingerprint density at radius 2 is 1.95 bits per heavy atom.